The number of benzene rings is 2. The van der Waals surface area contributed by atoms with Crippen LogP contribution in [0.5, 0.6) is 0 Å². The molecule has 0 bridgehead atoms. The zero-order valence-electron chi connectivity index (χ0n) is 14.3. The molecule has 0 spiro atoms. The first kappa shape index (κ1) is 20.8. The van der Waals surface area contributed by atoms with E-state index in [-0.39, 0.29) is 23.4 Å². The second kappa shape index (κ2) is 9.41. The van der Waals surface area contributed by atoms with E-state index < -0.39 is 5.97 Å². The Bertz CT molecular complexity index is 892. The van der Waals surface area contributed by atoms with E-state index in [0.29, 0.717) is 21.5 Å². The molecule has 1 heterocycles. The smallest absolute Gasteiger partial charge is 0.344 e. The molecule has 2 aromatic rings. The van der Waals surface area contributed by atoms with Crippen LogP contribution in [0.2, 0.25) is 5.02 Å². The molecule has 5 nitrogen and oxygen atoms in total. The van der Waals surface area contributed by atoms with Crippen molar-refractivity contribution in [2.75, 3.05) is 12.4 Å². The van der Waals surface area contributed by atoms with E-state index in [0.717, 1.165) is 11.1 Å². The molecule has 140 valence electrons. The van der Waals surface area contributed by atoms with Gasteiger partial charge in [0.25, 0.3) is 0 Å². The number of para-hydroxylation sites is 1. The SMILES string of the molecule is C=C(CSC(=Nc1ccccc1)C1=C(O)COC1=O)c1ccc(Cl)cc1.O. The number of nitrogens with zero attached hydrogens (tertiary/aromatic N) is 1. The number of hydrogen-bond donors (Lipinski definition) is 1. The topological polar surface area (TPSA) is 90.4 Å². The molecule has 0 aromatic heterocycles. The molecular weight excluding hydrogens is 386 g/mol. The predicted molar refractivity (Wildman–Crippen MR) is 111 cm³/mol. The van der Waals surface area contributed by atoms with E-state index in [2.05, 4.69) is 11.6 Å². The third-order valence-corrected chi connectivity index (χ3v) is 4.98. The minimum Gasteiger partial charge on any atom is -0.508 e. The number of aliphatic imine (C=N–C) groups is 1. The largest absolute Gasteiger partial charge is 0.508 e. The number of ether oxygens (including phenoxy) is 1. The maximum Gasteiger partial charge on any atom is 0.344 e. The maximum absolute atomic E-state index is 12.0. The molecule has 0 amide bonds. The van der Waals surface area contributed by atoms with E-state index in [4.69, 9.17) is 16.3 Å². The lowest BCUT2D eigenvalue weighted by Crippen LogP contribution is -2.09. The summed E-state index contributed by atoms with van der Waals surface area (Å²) in [6.07, 6.45) is 0. The Labute approximate surface area is 166 Å². The molecule has 7 heteroatoms. The molecule has 0 saturated heterocycles. The second-order valence-electron chi connectivity index (χ2n) is 5.55. The first-order valence-corrected chi connectivity index (χ1v) is 9.21. The molecule has 1 aliphatic rings. The van der Waals surface area contributed by atoms with Crippen molar-refractivity contribution in [2.24, 2.45) is 4.99 Å². The Balaban J connectivity index is 0.00000261. The minimum atomic E-state index is -0.568. The number of thioether (sulfide) groups is 1. The van der Waals surface area contributed by atoms with Gasteiger partial charge in [-0.15, -0.1) is 11.8 Å². The molecule has 0 aliphatic carbocycles. The molecule has 2 aromatic carbocycles. The van der Waals surface area contributed by atoms with Crippen molar-refractivity contribution >= 4 is 45.6 Å². The fourth-order valence-corrected chi connectivity index (χ4v) is 3.43. The molecule has 0 unspecified atom stereocenters. The van der Waals surface area contributed by atoms with Crippen LogP contribution in [0.15, 0.2) is 77.5 Å². The van der Waals surface area contributed by atoms with E-state index >= 15 is 0 Å². The lowest BCUT2D eigenvalue weighted by Gasteiger charge is -2.09. The molecule has 0 atom stereocenters. The average Bonchev–Trinajstić information content (AvgIpc) is 2.98. The van der Waals surface area contributed by atoms with Gasteiger partial charge in [-0.3, -0.25) is 0 Å². The summed E-state index contributed by atoms with van der Waals surface area (Å²) in [6, 6.07) is 16.6. The van der Waals surface area contributed by atoms with Crippen LogP contribution in [0.25, 0.3) is 5.57 Å². The Kier molecular flexibility index (Phi) is 7.24. The van der Waals surface area contributed by atoms with Crippen LogP contribution in [0, 0.1) is 0 Å². The molecule has 3 rings (SSSR count). The van der Waals surface area contributed by atoms with Crippen molar-refractivity contribution in [3.05, 3.63) is 83.1 Å². The van der Waals surface area contributed by atoms with Crippen molar-refractivity contribution in [1.29, 1.82) is 0 Å². The average molecular weight is 404 g/mol. The zero-order valence-corrected chi connectivity index (χ0v) is 15.9. The number of rotatable bonds is 5. The van der Waals surface area contributed by atoms with Crippen LogP contribution in [0.3, 0.4) is 0 Å². The third-order valence-electron chi connectivity index (χ3n) is 3.67. The van der Waals surface area contributed by atoms with Gasteiger partial charge in [0.15, 0.2) is 0 Å². The summed E-state index contributed by atoms with van der Waals surface area (Å²) in [5.41, 5.74) is 2.61. The van der Waals surface area contributed by atoms with Crippen LogP contribution in [0.1, 0.15) is 5.56 Å². The molecule has 3 N–H and O–H groups in total. The van der Waals surface area contributed by atoms with Gasteiger partial charge in [0.1, 0.15) is 23.0 Å². The first-order chi connectivity index (χ1) is 12.5. The van der Waals surface area contributed by atoms with Gasteiger partial charge in [0.2, 0.25) is 0 Å². The number of halogens is 1. The standard InChI is InChI=1S/C20H16ClNO3S.H2O/c1-13(14-7-9-15(21)10-8-14)12-26-19(18-17(23)11-25-20(18)24)22-16-5-3-2-4-6-16;/h2-10,23H,1,11-12H2;1H2. The molecule has 0 saturated carbocycles. The number of cyclic esters (lactones) is 1. The number of hydrogen-bond acceptors (Lipinski definition) is 5. The Morgan fingerprint density at radius 2 is 1.85 bits per heavy atom. The summed E-state index contributed by atoms with van der Waals surface area (Å²) in [5, 5.41) is 11.1. The highest BCUT2D eigenvalue weighted by molar-refractivity contribution is 8.14. The fraction of sp³-hybridized carbons (Fsp3) is 0.100. The number of carbonyl (C=O) groups is 1. The van der Waals surface area contributed by atoms with Crippen molar-refractivity contribution < 1.29 is 20.1 Å². The third kappa shape index (κ3) is 5.23. The van der Waals surface area contributed by atoms with Gasteiger partial charge in [-0.1, -0.05) is 48.5 Å². The van der Waals surface area contributed by atoms with Gasteiger partial charge in [0.05, 0.1) is 5.69 Å². The summed E-state index contributed by atoms with van der Waals surface area (Å²) in [5.74, 6) is -0.173. The van der Waals surface area contributed by atoms with Crippen LogP contribution in [-0.2, 0) is 9.53 Å². The highest BCUT2D eigenvalue weighted by atomic mass is 35.5. The van der Waals surface area contributed by atoms with E-state index in [1.165, 1.54) is 11.8 Å². The zero-order chi connectivity index (χ0) is 18.5. The molecule has 0 fully saturated rings. The Morgan fingerprint density at radius 3 is 2.44 bits per heavy atom. The first-order valence-electron chi connectivity index (χ1n) is 7.84. The minimum absolute atomic E-state index is 0. The van der Waals surface area contributed by atoms with Gasteiger partial charge in [-0.05, 0) is 35.4 Å². The van der Waals surface area contributed by atoms with Crippen molar-refractivity contribution in [2.45, 2.75) is 0 Å². The second-order valence-corrected chi connectivity index (χ2v) is 6.95. The van der Waals surface area contributed by atoms with Crippen LogP contribution < -0.4 is 0 Å². The number of carbonyl (C=O) groups excluding carboxylic acids is 1. The quantitative estimate of drug-likeness (QED) is 0.456. The summed E-state index contributed by atoms with van der Waals surface area (Å²) in [7, 11) is 0. The summed E-state index contributed by atoms with van der Waals surface area (Å²) in [6.45, 7) is 3.96. The molecule has 27 heavy (non-hydrogen) atoms. The van der Waals surface area contributed by atoms with Gasteiger partial charge in [-0.2, -0.15) is 0 Å². The summed E-state index contributed by atoms with van der Waals surface area (Å²) < 4.78 is 4.91. The maximum atomic E-state index is 12.0. The van der Waals surface area contributed by atoms with Crippen molar-refractivity contribution in [3.8, 4) is 0 Å². The van der Waals surface area contributed by atoms with Crippen molar-refractivity contribution in [1.82, 2.24) is 0 Å². The Hall–Kier alpha value is -2.54. The van der Waals surface area contributed by atoms with Gasteiger partial charge < -0.3 is 15.3 Å². The van der Waals surface area contributed by atoms with E-state index in [9.17, 15) is 9.90 Å². The highest BCUT2D eigenvalue weighted by Gasteiger charge is 2.29. The van der Waals surface area contributed by atoms with Gasteiger partial charge in [-0.25, -0.2) is 9.79 Å². The number of aliphatic hydroxyl groups is 1. The Morgan fingerprint density at radius 1 is 1.19 bits per heavy atom. The lowest BCUT2D eigenvalue weighted by atomic mass is 10.1. The lowest BCUT2D eigenvalue weighted by molar-refractivity contribution is -0.135. The summed E-state index contributed by atoms with van der Waals surface area (Å²) in [4.78, 5) is 16.5. The molecular formula is C20H18ClNO4S. The van der Waals surface area contributed by atoms with Crippen LogP contribution in [0.4, 0.5) is 5.69 Å². The highest BCUT2D eigenvalue weighted by Crippen LogP contribution is 2.28. The predicted octanol–water partition coefficient (Wildman–Crippen LogP) is 4.36. The van der Waals surface area contributed by atoms with E-state index in [1.807, 2.05) is 42.5 Å². The van der Waals surface area contributed by atoms with Crippen LogP contribution in [-0.4, -0.2) is 34.0 Å². The number of esters is 1. The molecule has 0 radical (unpaired) electrons. The van der Waals surface area contributed by atoms with Gasteiger partial charge in [0, 0.05) is 10.8 Å². The fourth-order valence-electron chi connectivity index (χ4n) is 2.31. The monoisotopic (exact) mass is 403 g/mol. The summed E-state index contributed by atoms with van der Waals surface area (Å²) >= 11 is 7.24. The van der Waals surface area contributed by atoms with Crippen LogP contribution >= 0.6 is 23.4 Å². The number of aliphatic hydroxyl groups excluding tert-OH is 1. The normalized spacial score (nSPS) is 14.0. The van der Waals surface area contributed by atoms with Crippen molar-refractivity contribution in [3.63, 3.8) is 0 Å². The van der Waals surface area contributed by atoms with E-state index in [1.54, 1.807) is 12.1 Å². The van der Waals surface area contributed by atoms with Gasteiger partial charge >= 0.3 is 5.97 Å². The molecule has 1 aliphatic heterocycles.